The number of halogens is 2. The number of hydrogen-bond donors (Lipinski definition) is 0. The summed E-state index contributed by atoms with van der Waals surface area (Å²) in [6.07, 6.45) is 0.513. The SMILES string of the molecule is Cc1ccc(-n2nnnc2Cc2ccc(F)cc2)cc1Cl. The van der Waals surface area contributed by atoms with E-state index in [0.29, 0.717) is 17.3 Å². The normalized spacial score (nSPS) is 10.8. The fraction of sp³-hybridized carbons (Fsp3) is 0.133. The summed E-state index contributed by atoms with van der Waals surface area (Å²) < 4.78 is 14.6. The lowest BCUT2D eigenvalue weighted by Gasteiger charge is -2.06. The predicted molar refractivity (Wildman–Crippen MR) is 78.1 cm³/mol. The summed E-state index contributed by atoms with van der Waals surface area (Å²) in [5.74, 6) is 0.408. The van der Waals surface area contributed by atoms with Gasteiger partial charge < -0.3 is 0 Å². The van der Waals surface area contributed by atoms with Gasteiger partial charge in [0.25, 0.3) is 0 Å². The van der Waals surface area contributed by atoms with Gasteiger partial charge in [-0.25, -0.2) is 4.39 Å². The van der Waals surface area contributed by atoms with Crippen LogP contribution in [0, 0.1) is 12.7 Å². The smallest absolute Gasteiger partial charge is 0.161 e. The van der Waals surface area contributed by atoms with Gasteiger partial charge in [-0.15, -0.1) is 5.10 Å². The second kappa shape index (κ2) is 5.61. The molecule has 3 aromatic rings. The van der Waals surface area contributed by atoms with Crippen LogP contribution in [0.4, 0.5) is 4.39 Å². The Labute approximate surface area is 126 Å². The van der Waals surface area contributed by atoms with Crippen LogP contribution >= 0.6 is 11.6 Å². The number of nitrogens with zero attached hydrogens (tertiary/aromatic N) is 4. The van der Waals surface area contributed by atoms with Crippen LogP contribution in [0.25, 0.3) is 5.69 Å². The first-order valence-electron chi connectivity index (χ1n) is 6.42. The van der Waals surface area contributed by atoms with Gasteiger partial charge in [0.1, 0.15) is 5.82 Å². The van der Waals surface area contributed by atoms with Crippen molar-refractivity contribution in [2.45, 2.75) is 13.3 Å². The van der Waals surface area contributed by atoms with Gasteiger partial charge >= 0.3 is 0 Å². The highest BCUT2D eigenvalue weighted by molar-refractivity contribution is 6.31. The fourth-order valence-corrected chi connectivity index (χ4v) is 2.19. The Hall–Kier alpha value is -2.27. The first kappa shape index (κ1) is 13.7. The summed E-state index contributed by atoms with van der Waals surface area (Å²) in [5.41, 5.74) is 2.73. The highest BCUT2D eigenvalue weighted by Crippen LogP contribution is 2.20. The molecule has 1 heterocycles. The predicted octanol–water partition coefficient (Wildman–Crippen LogP) is 3.35. The van der Waals surface area contributed by atoms with Crippen LogP contribution in [0.3, 0.4) is 0 Å². The molecule has 0 amide bonds. The number of tetrazole rings is 1. The van der Waals surface area contributed by atoms with Crippen molar-refractivity contribution in [1.29, 1.82) is 0 Å². The van der Waals surface area contributed by atoms with E-state index >= 15 is 0 Å². The first-order valence-corrected chi connectivity index (χ1v) is 6.79. The third kappa shape index (κ3) is 2.92. The summed E-state index contributed by atoms with van der Waals surface area (Å²) in [5, 5.41) is 12.4. The number of benzene rings is 2. The van der Waals surface area contributed by atoms with Gasteiger partial charge in [0.15, 0.2) is 5.82 Å². The molecule has 0 saturated heterocycles. The zero-order chi connectivity index (χ0) is 14.8. The summed E-state index contributed by atoms with van der Waals surface area (Å²) in [6, 6.07) is 11.9. The van der Waals surface area contributed by atoms with Crippen LogP contribution in [0.1, 0.15) is 17.0 Å². The van der Waals surface area contributed by atoms with E-state index in [1.807, 2.05) is 25.1 Å². The summed E-state index contributed by atoms with van der Waals surface area (Å²) in [4.78, 5) is 0. The maximum Gasteiger partial charge on any atom is 0.161 e. The Morgan fingerprint density at radius 2 is 1.90 bits per heavy atom. The average Bonchev–Trinajstić information content (AvgIpc) is 2.92. The topological polar surface area (TPSA) is 43.6 Å². The zero-order valence-corrected chi connectivity index (χ0v) is 12.0. The Morgan fingerprint density at radius 3 is 2.62 bits per heavy atom. The number of hydrogen-bond acceptors (Lipinski definition) is 3. The van der Waals surface area contributed by atoms with Crippen LogP contribution in [-0.2, 0) is 6.42 Å². The zero-order valence-electron chi connectivity index (χ0n) is 11.3. The number of aromatic nitrogens is 4. The molecular formula is C15H12ClFN4. The summed E-state index contributed by atoms with van der Waals surface area (Å²) in [6.45, 7) is 1.94. The van der Waals surface area contributed by atoms with Gasteiger partial charge in [-0.1, -0.05) is 29.8 Å². The molecule has 0 aliphatic rings. The van der Waals surface area contributed by atoms with E-state index in [-0.39, 0.29) is 5.82 Å². The second-order valence-electron chi connectivity index (χ2n) is 4.74. The Kier molecular flexibility index (Phi) is 3.66. The molecule has 21 heavy (non-hydrogen) atoms. The third-order valence-corrected chi connectivity index (χ3v) is 3.62. The Morgan fingerprint density at radius 1 is 1.14 bits per heavy atom. The van der Waals surface area contributed by atoms with Gasteiger partial charge in [0.2, 0.25) is 0 Å². The highest BCUT2D eigenvalue weighted by atomic mass is 35.5. The molecule has 0 unspecified atom stereocenters. The maximum absolute atomic E-state index is 12.9. The van der Waals surface area contributed by atoms with Gasteiger partial charge in [0, 0.05) is 11.4 Å². The molecule has 0 aliphatic carbocycles. The molecule has 0 saturated carbocycles. The molecule has 0 radical (unpaired) electrons. The van der Waals surface area contributed by atoms with Gasteiger partial charge in [-0.2, -0.15) is 4.68 Å². The largest absolute Gasteiger partial charge is 0.207 e. The molecule has 0 fully saturated rings. The molecule has 106 valence electrons. The molecule has 0 bridgehead atoms. The van der Waals surface area contributed by atoms with Crippen molar-refractivity contribution in [3.63, 3.8) is 0 Å². The van der Waals surface area contributed by atoms with Crippen LogP contribution in [-0.4, -0.2) is 20.2 Å². The lowest BCUT2D eigenvalue weighted by molar-refractivity contribution is 0.627. The summed E-state index contributed by atoms with van der Waals surface area (Å²) >= 11 is 6.14. The van der Waals surface area contributed by atoms with Crippen molar-refractivity contribution in [3.8, 4) is 5.69 Å². The molecule has 0 atom stereocenters. The standard InChI is InChI=1S/C15H12ClFN4/c1-10-2-7-13(9-14(10)16)21-15(18-19-20-21)8-11-3-5-12(17)6-4-11/h2-7,9H,8H2,1H3. The molecule has 1 aromatic heterocycles. The molecule has 3 rings (SSSR count). The first-order chi connectivity index (χ1) is 10.1. The van der Waals surface area contributed by atoms with E-state index in [9.17, 15) is 4.39 Å². The minimum absolute atomic E-state index is 0.261. The molecule has 0 aliphatic heterocycles. The molecule has 6 heteroatoms. The number of rotatable bonds is 3. The molecular weight excluding hydrogens is 291 g/mol. The van der Waals surface area contributed by atoms with Gasteiger partial charge in [0.05, 0.1) is 5.69 Å². The van der Waals surface area contributed by atoms with Crippen LogP contribution in [0.5, 0.6) is 0 Å². The van der Waals surface area contributed by atoms with E-state index in [2.05, 4.69) is 15.5 Å². The number of aryl methyl sites for hydroxylation is 1. The minimum Gasteiger partial charge on any atom is -0.207 e. The molecule has 0 N–H and O–H groups in total. The lowest BCUT2D eigenvalue weighted by atomic mass is 10.1. The maximum atomic E-state index is 12.9. The Bertz CT molecular complexity index is 768. The van der Waals surface area contributed by atoms with E-state index < -0.39 is 0 Å². The van der Waals surface area contributed by atoms with Gasteiger partial charge in [-0.05, 0) is 52.7 Å². The van der Waals surface area contributed by atoms with Crippen LogP contribution < -0.4 is 0 Å². The third-order valence-electron chi connectivity index (χ3n) is 3.21. The van der Waals surface area contributed by atoms with Crippen molar-refractivity contribution in [3.05, 3.63) is 70.3 Å². The van der Waals surface area contributed by atoms with E-state index in [0.717, 1.165) is 16.8 Å². The lowest BCUT2D eigenvalue weighted by Crippen LogP contribution is -2.04. The van der Waals surface area contributed by atoms with Crippen molar-refractivity contribution < 1.29 is 4.39 Å². The molecule has 4 nitrogen and oxygen atoms in total. The van der Waals surface area contributed by atoms with Gasteiger partial charge in [-0.3, -0.25) is 0 Å². The summed E-state index contributed by atoms with van der Waals surface area (Å²) in [7, 11) is 0. The molecule has 0 spiro atoms. The highest BCUT2D eigenvalue weighted by Gasteiger charge is 2.10. The Balaban J connectivity index is 1.93. The van der Waals surface area contributed by atoms with Crippen LogP contribution in [0.2, 0.25) is 5.02 Å². The van der Waals surface area contributed by atoms with Crippen LogP contribution in [0.15, 0.2) is 42.5 Å². The van der Waals surface area contributed by atoms with E-state index in [1.54, 1.807) is 16.8 Å². The van der Waals surface area contributed by atoms with Crippen molar-refractivity contribution in [2.75, 3.05) is 0 Å². The van der Waals surface area contributed by atoms with Crippen molar-refractivity contribution in [1.82, 2.24) is 20.2 Å². The second-order valence-corrected chi connectivity index (χ2v) is 5.15. The van der Waals surface area contributed by atoms with Crippen molar-refractivity contribution >= 4 is 11.6 Å². The minimum atomic E-state index is -0.261. The quantitative estimate of drug-likeness (QED) is 0.745. The van der Waals surface area contributed by atoms with Crippen molar-refractivity contribution in [2.24, 2.45) is 0 Å². The fourth-order valence-electron chi connectivity index (χ4n) is 2.01. The molecule has 2 aromatic carbocycles. The van der Waals surface area contributed by atoms with E-state index in [4.69, 9.17) is 11.6 Å². The monoisotopic (exact) mass is 302 g/mol. The van der Waals surface area contributed by atoms with E-state index in [1.165, 1.54) is 12.1 Å². The average molecular weight is 303 g/mol.